The summed E-state index contributed by atoms with van der Waals surface area (Å²) in [7, 11) is 0. The molecule has 1 aromatic carbocycles. The molecule has 0 unspecified atom stereocenters. The van der Waals surface area contributed by atoms with E-state index in [9.17, 15) is 9.59 Å². The van der Waals surface area contributed by atoms with Gasteiger partial charge in [-0.1, -0.05) is 35.9 Å². The van der Waals surface area contributed by atoms with Gasteiger partial charge in [-0.3, -0.25) is 14.6 Å². The second-order valence-electron chi connectivity index (χ2n) is 6.88. The van der Waals surface area contributed by atoms with Gasteiger partial charge in [-0.15, -0.1) is 0 Å². The Morgan fingerprint density at radius 2 is 1.93 bits per heavy atom. The molecule has 142 valence electrons. The SMILES string of the molecule is Cc1ccc(CNC(=O)c2snc(-c3ccccn3)c2NC(=O)C2CC2)cc1. The Kier molecular flexibility index (Phi) is 5.16. The number of anilines is 1. The van der Waals surface area contributed by atoms with E-state index in [2.05, 4.69) is 20.0 Å². The zero-order valence-corrected chi connectivity index (χ0v) is 16.3. The summed E-state index contributed by atoms with van der Waals surface area (Å²) in [5, 5.41) is 5.83. The molecule has 1 fully saturated rings. The molecule has 0 aliphatic heterocycles. The normalized spacial score (nSPS) is 13.2. The lowest BCUT2D eigenvalue weighted by Gasteiger charge is -2.09. The molecule has 0 saturated heterocycles. The van der Waals surface area contributed by atoms with Gasteiger partial charge in [0.15, 0.2) is 0 Å². The number of nitrogens with one attached hydrogen (secondary N) is 2. The van der Waals surface area contributed by atoms with Crippen LogP contribution in [0.2, 0.25) is 0 Å². The van der Waals surface area contributed by atoms with Crippen LogP contribution in [0.15, 0.2) is 48.7 Å². The smallest absolute Gasteiger partial charge is 0.265 e. The van der Waals surface area contributed by atoms with Crippen LogP contribution in [0.4, 0.5) is 5.69 Å². The van der Waals surface area contributed by atoms with E-state index in [4.69, 9.17) is 0 Å². The number of carbonyl (C=O) groups excluding carboxylic acids is 2. The van der Waals surface area contributed by atoms with Crippen LogP contribution in [-0.2, 0) is 11.3 Å². The fraction of sp³-hybridized carbons (Fsp3) is 0.238. The number of rotatable bonds is 6. The molecule has 0 spiro atoms. The Morgan fingerprint density at radius 3 is 2.61 bits per heavy atom. The van der Waals surface area contributed by atoms with Crippen molar-refractivity contribution in [2.24, 2.45) is 5.92 Å². The first-order valence-electron chi connectivity index (χ1n) is 9.17. The van der Waals surface area contributed by atoms with Gasteiger partial charge in [0.2, 0.25) is 5.91 Å². The minimum Gasteiger partial charge on any atom is -0.347 e. The molecule has 1 aliphatic carbocycles. The summed E-state index contributed by atoms with van der Waals surface area (Å²) in [6.07, 6.45) is 3.44. The maximum atomic E-state index is 12.8. The van der Waals surface area contributed by atoms with Gasteiger partial charge in [0.05, 0.1) is 11.4 Å². The van der Waals surface area contributed by atoms with Crippen molar-refractivity contribution in [2.45, 2.75) is 26.3 Å². The molecule has 1 saturated carbocycles. The van der Waals surface area contributed by atoms with E-state index in [0.717, 1.165) is 29.9 Å². The first-order valence-corrected chi connectivity index (χ1v) is 9.95. The summed E-state index contributed by atoms with van der Waals surface area (Å²) < 4.78 is 4.41. The maximum absolute atomic E-state index is 12.8. The highest BCUT2D eigenvalue weighted by atomic mass is 32.1. The zero-order chi connectivity index (χ0) is 19.5. The van der Waals surface area contributed by atoms with E-state index in [0.29, 0.717) is 28.5 Å². The minimum atomic E-state index is -0.258. The van der Waals surface area contributed by atoms with Gasteiger partial charge in [-0.05, 0) is 49.0 Å². The van der Waals surface area contributed by atoms with E-state index in [-0.39, 0.29) is 17.7 Å². The predicted octanol–water partition coefficient (Wildman–Crippen LogP) is 3.79. The number of nitrogens with zero attached hydrogens (tertiary/aromatic N) is 2. The van der Waals surface area contributed by atoms with Crippen molar-refractivity contribution >= 4 is 29.0 Å². The van der Waals surface area contributed by atoms with Crippen LogP contribution in [-0.4, -0.2) is 21.2 Å². The number of amides is 2. The first kappa shape index (κ1) is 18.3. The second-order valence-corrected chi connectivity index (χ2v) is 7.66. The lowest BCUT2D eigenvalue weighted by molar-refractivity contribution is -0.117. The predicted molar refractivity (Wildman–Crippen MR) is 109 cm³/mol. The molecule has 0 atom stereocenters. The molecule has 2 aromatic heterocycles. The highest BCUT2D eigenvalue weighted by molar-refractivity contribution is 7.09. The van der Waals surface area contributed by atoms with E-state index in [1.165, 1.54) is 5.56 Å². The summed E-state index contributed by atoms with van der Waals surface area (Å²) >= 11 is 1.07. The van der Waals surface area contributed by atoms with Crippen molar-refractivity contribution in [3.63, 3.8) is 0 Å². The van der Waals surface area contributed by atoms with Gasteiger partial charge in [0.1, 0.15) is 10.6 Å². The molecular formula is C21H20N4O2S. The topological polar surface area (TPSA) is 84.0 Å². The van der Waals surface area contributed by atoms with Crippen LogP contribution in [0.25, 0.3) is 11.4 Å². The maximum Gasteiger partial charge on any atom is 0.265 e. The molecule has 2 heterocycles. The average molecular weight is 392 g/mol. The van der Waals surface area contributed by atoms with Gasteiger partial charge >= 0.3 is 0 Å². The van der Waals surface area contributed by atoms with Gasteiger partial charge in [-0.2, -0.15) is 4.37 Å². The van der Waals surface area contributed by atoms with Crippen molar-refractivity contribution in [1.82, 2.24) is 14.7 Å². The van der Waals surface area contributed by atoms with E-state index in [1.54, 1.807) is 6.20 Å². The van der Waals surface area contributed by atoms with Crippen molar-refractivity contribution in [2.75, 3.05) is 5.32 Å². The Balaban J connectivity index is 1.58. The van der Waals surface area contributed by atoms with Crippen molar-refractivity contribution in [3.05, 3.63) is 64.7 Å². The summed E-state index contributed by atoms with van der Waals surface area (Å²) in [6, 6.07) is 13.5. The third kappa shape index (κ3) is 4.09. The molecule has 3 aromatic rings. The van der Waals surface area contributed by atoms with E-state index < -0.39 is 0 Å². The Bertz CT molecular complexity index is 995. The number of benzene rings is 1. The molecule has 0 radical (unpaired) electrons. The second kappa shape index (κ2) is 7.90. The fourth-order valence-corrected chi connectivity index (χ4v) is 3.54. The summed E-state index contributed by atoms with van der Waals surface area (Å²) in [5.74, 6) is -0.295. The molecule has 2 N–H and O–H groups in total. The van der Waals surface area contributed by atoms with E-state index >= 15 is 0 Å². The van der Waals surface area contributed by atoms with Gasteiger partial charge in [0, 0.05) is 18.7 Å². The summed E-state index contributed by atoms with van der Waals surface area (Å²) in [6.45, 7) is 2.43. The molecule has 7 heteroatoms. The van der Waals surface area contributed by atoms with E-state index in [1.807, 2.05) is 49.4 Å². The molecule has 0 bridgehead atoms. The summed E-state index contributed by atoms with van der Waals surface area (Å²) in [5.41, 5.74) is 3.78. The molecule has 2 amide bonds. The Hall–Kier alpha value is -3.06. The Labute approximate surface area is 167 Å². The van der Waals surface area contributed by atoms with Crippen molar-refractivity contribution in [3.8, 4) is 11.4 Å². The van der Waals surface area contributed by atoms with Crippen LogP contribution < -0.4 is 10.6 Å². The van der Waals surface area contributed by atoms with Crippen LogP contribution in [0, 0.1) is 12.8 Å². The number of hydrogen-bond donors (Lipinski definition) is 2. The highest BCUT2D eigenvalue weighted by Gasteiger charge is 2.32. The average Bonchev–Trinajstić information content (AvgIpc) is 3.49. The van der Waals surface area contributed by atoms with Crippen LogP contribution >= 0.6 is 11.5 Å². The number of aromatic nitrogens is 2. The van der Waals surface area contributed by atoms with Crippen LogP contribution in [0.1, 0.15) is 33.6 Å². The number of pyridine rings is 1. The fourth-order valence-electron chi connectivity index (χ4n) is 2.78. The minimum absolute atomic E-state index is 0.0277. The molecule has 1 aliphatic rings. The molecule has 6 nitrogen and oxygen atoms in total. The highest BCUT2D eigenvalue weighted by Crippen LogP contribution is 2.35. The largest absolute Gasteiger partial charge is 0.347 e. The lowest BCUT2D eigenvalue weighted by atomic mass is 10.1. The third-order valence-corrected chi connectivity index (χ3v) is 5.42. The van der Waals surface area contributed by atoms with Crippen LogP contribution in [0.3, 0.4) is 0 Å². The number of hydrogen-bond acceptors (Lipinski definition) is 5. The van der Waals surface area contributed by atoms with Crippen molar-refractivity contribution in [1.29, 1.82) is 0 Å². The van der Waals surface area contributed by atoms with Crippen molar-refractivity contribution < 1.29 is 9.59 Å². The lowest BCUT2D eigenvalue weighted by Crippen LogP contribution is -2.24. The number of carbonyl (C=O) groups is 2. The molecular weight excluding hydrogens is 372 g/mol. The van der Waals surface area contributed by atoms with Gasteiger partial charge in [0.25, 0.3) is 5.91 Å². The standard InChI is InChI=1S/C21H20N4O2S/c1-13-5-7-14(8-6-13)12-23-21(27)19-18(24-20(26)15-9-10-15)17(25-28-19)16-4-2-3-11-22-16/h2-8,11,15H,9-10,12H2,1H3,(H,23,27)(H,24,26). The quantitative estimate of drug-likeness (QED) is 0.668. The monoisotopic (exact) mass is 392 g/mol. The summed E-state index contributed by atoms with van der Waals surface area (Å²) in [4.78, 5) is 29.9. The molecule has 28 heavy (non-hydrogen) atoms. The first-order chi connectivity index (χ1) is 13.6. The van der Waals surface area contributed by atoms with Gasteiger partial charge < -0.3 is 10.6 Å². The Morgan fingerprint density at radius 1 is 1.14 bits per heavy atom. The third-order valence-electron chi connectivity index (χ3n) is 4.58. The zero-order valence-electron chi connectivity index (χ0n) is 15.4. The number of aryl methyl sites for hydroxylation is 1. The van der Waals surface area contributed by atoms with Gasteiger partial charge in [-0.25, -0.2) is 0 Å². The molecule has 4 rings (SSSR count). The van der Waals surface area contributed by atoms with Crippen LogP contribution in [0.5, 0.6) is 0 Å².